The van der Waals surface area contributed by atoms with Crippen LogP contribution in [0.5, 0.6) is 5.75 Å². The molecule has 2 aromatic rings. The summed E-state index contributed by atoms with van der Waals surface area (Å²) in [7, 11) is 0. The van der Waals surface area contributed by atoms with Crippen molar-refractivity contribution >= 4 is 11.9 Å². The van der Waals surface area contributed by atoms with Crippen molar-refractivity contribution in [2.24, 2.45) is 5.41 Å². The predicted molar refractivity (Wildman–Crippen MR) is 98.1 cm³/mol. The van der Waals surface area contributed by atoms with Gasteiger partial charge >= 0.3 is 5.97 Å². The Kier molecular flexibility index (Phi) is 4.72. The monoisotopic (exact) mass is 353 g/mol. The molecule has 1 atom stereocenters. The van der Waals surface area contributed by atoms with Crippen LogP contribution in [-0.4, -0.2) is 28.5 Å². The number of carboxylic acids is 1. The summed E-state index contributed by atoms with van der Waals surface area (Å²) in [4.78, 5) is 26.2. The minimum absolute atomic E-state index is 0.0325. The van der Waals surface area contributed by atoms with Crippen molar-refractivity contribution in [2.45, 2.75) is 33.4 Å². The molecule has 0 saturated heterocycles. The molecule has 0 saturated carbocycles. The molecule has 136 valence electrons. The Morgan fingerprint density at radius 1 is 1.12 bits per heavy atom. The second-order valence-electron chi connectivity index (χ2n) is 7.55. The lowest BCUT2D eigenvalue weighted by atomic mass is 9.92. The fraction of sp³-hybridized carbons (Fsp3) is 0.333. The second kappa shape index (κ2) is 6.83. The normalized spacial score (nSPS) is 17.0. The third kappa shape index (κ3) is 3.57. The Labute approximate surface area is 153 Å². The lowest BCUT2D eigenvalue weighted by molar-refractivity contribution is -0.143. The molecular formula is C21H23NO4. The predicted octanol–water partition coefficient (Wildman–Crippen LogP) is 3.89. The van der Waals surface area contributed by atoms with Crippen molar-refractivity contribution < 1.29 is 19.4 Å². The number of nitrogens with zero attached hydrogens (tertiary/aromatic N) is 1. The first-order chi connectivity index (χ1) is 12.3. The van der Waals surface area contributed by atoms with Crippen LogP contribution in [0.3, 0.4) is 0 Å². The van der Waals surface area contributed by atoms with Crippen molar-refractivity contribution in [3.63, 3.8) is 0 Å². The summed E-state index contributed by atoms with van der Waals surface area (Å²) >= 11 is 0. The van der Waals surface area contributed by atoms with E-state index in [0.29, 0.717) is 12.3 Å². The van der Waals surface area contributed by atoms with E-state index in [-0.39, 0.29) is 24.1 Å². The van der Waals surface area contributed by atoms with Crippen molar-refractivity contribution in [3.8, 4) is 5.75 Å². The van der Waals surface area contributed by atoms with E-state index in [1.165, 1.54) is 6.07 Å². The standard InChI is InChI=1S/C21H23NO4/c1-21(2,3)20(25)22-12-16-10-9-15(19(23)24)11-18(16)26-13-17(22)14-7-5-4-6-8-14/h4-11,17H,12-13H2,1-3H3,(H,23,24)/t17-/m1/s1. The zero-order chi connectivity index (χ0) is 18.9. The van der Waals surface area contributed by atoms with E-state index >= 15 is 0 Å². The van der Waals surface area contributed by atoms with Crippen molar-refractivity contribution in [2.75, 3.05) is 6.61 Å². The van der Waals surface area contributed by atoms with Gasteiger partial charge in [-0.15, -0.1) is 0 Å². The molecule has 0 aliphatic carbocycles. The number of carbonyl (C=O) groups excluding carboxylic acids is 1. The van der Waals surface area contributed by atoms with Gasteiger partial charge in [0.05, 0.1) is 18.2 Å². The molecule has 0 fully saturated rings. The van der Waals surface area contributed by atoms with Gasteiger partial charge in [-0.1, -0.05) is 57.2 Å². The Morgan fingerprint density at radius 2 is 1.81 bits per heavy atom. The van der Waals surface area contributed by atoms with Crippen LogP contribution in [0, 0.1) is 5.41 Å². The van der Waals surface area contributed by atoms with Gasteiger partial charge in [-0.2, -0.15) is 0 Å². The highest BCUT2D eigenvalue weighted by molar-refractivity contribution is 5.88. The van der Waals surface area contributed by atoms with E-state index in [1.807, 2.05) is 56.0 Å². The summed E-state index contributed by atoms with van der Waals surface area (Å²) < 4.78 is 5.94. The zero-order valence-corrected chi connectivity index (χ0v) is 15.2. The van der Waals surface area contributed by atoms with Crippen LogP contribution in [0.1, 0.15) is 48.3 Å². The Bertz CT molecular complexity index is 824. The van der Waals surface area contributed by atoms with Crippen LogP contribution >= 0.6 is 0 Å². The van der Waals surface area contributed by atoms with E-state index in [4.69, 9.17) is 4.74 Å². The van der Waals surface area contributed by atoms with Gasteiger partial charge in [0.2, 0.25) is 5.91 Å². The number of aromatic carboxylic acids is 1. The molecule has 0 spiro atoms. The SMILES string of the molecule is CC(C)(C)C(=O)N1Cc2ccc(C(=O)O)cc2OC[C@@H]1c1ccccc1. The van der Waals surface area contributed by atoms with Crippen molar-refractivity contribution in [1.29, 1.82) is 0 Å². The van der Waals surface area contributed by atoms with E-state index in [1.54, 1.807) is 12.1 Å². The maximum Gasteiger partial charge on any atom is 0.335 e. The third-order valence-electron chi connectivity index (χ3n) is 4.51. The van der Waals surface area contributed by atoms with Gasteiger partial charge in [0.15, 0.2) is 0 Å². The van der Waals surface area contributed by atoms with Crippen LogP contribution < -0.4 is 4.74 Å². The molecule has 0 unspecified atom stereocenters. The Morgan fingerprint density at radius 3 is 2.42 bits per heavy atom. The average molecular weight is 353 g/mol. The van der Waals surface area contributed by atoms with Crippen LogP contribution in [0.2, 0.25) is 0 Å². The smallest absolute Gasteiger partial charge is 0.335 e. The maximum absolute atomic E-state index is 13.1. The number of carbonyl (C=O) groups is 2. The lowest BCUT2D eigenvalue weighted by Gasteiger charge is -2.34. The molecule has 2 aromatic carbocycles. The highest BCUT2D eigenvalue weighted by Crippen LogP contribution is 2.35. The van der Waals surface area contributed by atoms with E-state index in [0.717, 1.165) is 11.1 Å². The lowest BCUT2D eigenvalue weighted by Crippen LogP contribution is -2.42. The van der Waals surface area contributed by atoms with Crippen molar-refractivity contribution in [3.05, 3.63) is 65.2 Å². The average Bonchev–Trinajstić information content (AvgIpc) is 2.79. The first kappa shape index (κ1) is 18.0. The highest BCUT2D eigenvalue weighted by Gasteiger charge is 2.35. The van der Waals surface area contributed by atoms with E-state index in [2.05, 4.69) is 0 Å². The number of hydrogen-bond donors (Lipinski definition) is 1. The second-order valence-corrected chi connectivity index (χ2v) is 7.55. The molecule has 1 aliphatic rings. The molecule has 1 amide bonds. The quantitative estimate of drug-likeness (QED) is 0.889. The number of fused-ring (bicyclic) bond motifs is 1. The Balaban J connectivity index is 2.03. The Hall–Kier alpha value is -2.82. The number of benzene rings is 2. The first-order valence-corrected chi connectivity index (χ1v) is 8.62. The minimum Gasteiger partial charge on any atom is -0.491 e. The van der Waals surface area contributed by atoms with Gasteiger partial charge in [0, 0.05) is 11.0 Å². The zero-order valence-electron chi connectivity index (χ0n) is 15.2. The van der Waals surface area contributed by atoms with Gasteiger partial charge in [-0.25, -0.2) is 4.79 Å². The van der Waals surface area contributed by atoms with Gasteiger partial charge in [0.1, 0.15) is 12.4 Å². The maximum atomic E-state index is 13.1. The number of carboxylic acid groups (broad SMARTS) is 1. The van der Waals surface area contributed by atoms with Gasteiger partial charge < -0.3 is 14.7 Å². The number of ether oxygens (including phenoxy) is 1. The summed E-state index contributed by atoms with van der Waals surface area (Å²) in [5.41, 5.74) is 1.46. The molecule has 5 nitrogen and oxygen atoms in total. The van der Waals surface area contributed by atoms with Gasteiger partial charge in [0.25, 0.3) is 0 Å². The van der Waals surface area contributed by atoms with Gasteiger partial charge in [-0.05, 0) is 17.7 Å². The molecule has 26 heavy (non-hydrogen) atoms. The van der Waals surface area contributed by atoms with E-state index < -0.39 is 11.4 Å². The fourth-order valence-electron chi connectivity index (χ4n) is 3.10. The highest BCUT2D eigenvalue weighted by atomic mass is 16.5. The molecule has 0 radical (unpaired) electrons. The molecule has 3 rings (SSSR count). The molecule has 0 aromatic heterocycles. The van der Waals surface area contributed by atoms with Crippen LogP contribution in [-0.2, 0) is 11.3 Å². The number of hydrogen-bond acceptors (Lipinski definition) is 3. The fourth-order valence-corrected chi connectivity index (χ4v) is 3.10. The minimum atomic E-state index is -0.997. The molecule has 1 aliphatic heterocycles. The largest absolute Gasteiger partial charge is 0.491 e. The summed E-state index contributed by atoms with van der Waals surface area (Å²) in [6.45, 7) is 6.36. The topological polar surface area (TPSA) is 66.8 Å². The number of rotatable bonds is 2. The van der Waals surface area contributed by atoms with Crippen molar-refractivity contribution in [1.82, 2.24) is 4.90 Å². The molecule has 1 heterocycles. The molecular weight excluding hydrogens is 330 g/mol. The summed E-state index contributed by atoms with van der Waals surface area (Å²) in [5, 5.41) is 9.21. The first-order valence-electron chi connectivity index (χ1n) is 8.62. The van der Waals surface area contributed by atoms with Crippen LogP contribution in [0.4, 0.5) is 0 Å². The molecule has 0 bridgehead atoms. The third-order valence-corrected chi connectivity index (χ3v) is 4.51. The summed E-state index contributed by atoms with van der Waals surface area (Å²) in [6, 6.07) is 14.4. The molecule has 5 heteroatoms. The molecule has 1 N–H and O–H groups in total. The van der Waals surface area contributed by atoms with Gasteiger partial charge in [-0.3, -0.25) is 4.79 Å². The summed E-state index contributed by atoms with van der Waals surface area (Å²) in [5.74, 6) is -0.442. The van der Waals surface area contributed by atoms with Crippen LogP contribution in [0.15, 0.2) is 48.5 Å². The van der Waals surface area contributed by atoms with E-state index in [9.17, 15) is 14.7 Å². The summed E-state index contributed by atoms with van der Waals surface area (Å²) in [6.07, 6.45) is 0. The van der Waals surface area contributed by atoms with Crippen LogP contribution in [0.25, 0.3) is 0 Å². The number of amides is 1.